The highest BCUT2D eigenvalue weighted by Gasteiger charge is 2.19. The number of allylic oxidation sites excluding steroid dienone is 4. The van der Waals surface area contributed by atoms with Crippen molar-refractivity contribution in [2.75, 3.05) is 13.2 Å². The van der Waals surface area contributed by atoms with Crippen LogP contribution in [0, 0.1) is 0 Å². The first-order chi connectivity index (χ1) is 35.0. The summed E-state index contributed by atoms with van der Waals surface area (Å²) in [6, 6.07) is 0. The van der Waals surface area contributed by atoms with E-state index in [1.807, 2.05) is 0 Å². The lowest BCUT2D eigenvalue weighted by Gasteiger charge is -2.18. The van der Waals surface area contributed by atoms with Gasteiger partial charge in [0.1, 0.15) is 13.2 Å². The summed E-state index contributed by atoms with van der Waals surface area (Å²) in [5.74, 6) is -0.872. The Morgan fingerprint density at radius 2 is 0.465 bits per heavy atom. The quantitative estimate of drug-likeness (QED) is 0.0261. The molecule has 0 aromatic rings. The number of ether oxygens (including phenoxy) is 3. The van der Waals surface area contributed by atoms with Gasteiger partial charge in [0, 0.05) is 19.3 Å². The van der Waals surface area contributed by atoms with Crippen LogP contribution in [0.15, 0.2) is 24.3 Å². The van der Waals surface area contributed by atoms with Gasteiger partial charge >= 0.3 is 17.9 Å². The molecule has 0 aromatic heterocycles. The zero-order valence-corrected chi connectivity index (χ0v) is 48.0. The van der Waals surface area contributed by atoms with Crippen LogP contribution >= 0.6 is 0 Å². The van der Waals surface area contributed by atoms with Gasteiger partial charge in [-0.05, 0) is 70.6 Å². The SMILES string of the molecule is CCCCC/C=C\CCCCCCCC(=O)OC(COC(=O)CCCCCCCC)COC(=O)CCCCCCCCCCCCCCCCCCCCCCCCC/C=C\CCCCCCCCCC. The largest absolute Gasteiger partial charge is 0.462 e. The van der Waals surface area contributed by atoms with Crippen molar-refractivity contribution < 1.29 is 28.6 Å². The molecule has 0 aliphatic rings. The van der Waals surface area contributed by atoms with E-state index in [9.17, 15) is 14.4 Å². The van der Waals surface area contributed by atoms with Gasteiger partial charge in [0.15, 0.2) is 6.10 Å². The summed E-state index contributed by atoms with van der Waals surface area (Å²) >= 11 is 0. The number of hydrogen-bond donors (Lipinski definition) is 0. The maximum absolute atomic E-state index is 12.7. The summed E-state index contributed by atoms with van der Waals surface area (Å²) in [5, 5.41) is 0. The zero-order chi connectivity index (χ0) is 51.4. The molecule has 1 atom stereocenters. The standard InChI is InChI=1S/C65H122O6/c1-4-7-10-13-16-18-20-22-23-24-25-26-27-28-29-30-31-32-33-34-35-36-37-38-39-40-41-42-43-44-46-47-49-52-55-58-64(67)70-61-62(60-69-63(66)57-54-51-15-12-9-6-3)71-65(68)59-56-53-50-48-45-21-19-17-14-11-8-5-2/h17,19,24-25,62H,4-16,18,20-23,26-61H2,1-3H3/b19-17-,25-24-. The molecule has 0 heterocycles. The molecule has 71 heavy (non-hydrogen) atoms. The van der Waals surface area contributed by atoms with Crippen LogP contribution in [-0.4, -0.2) is 37.2 Å². The van der Waals surface area contributed by atoms with E-state index >= 15 is 0 Å². The molecule has 1 unspecified atom stereocenters. The Labute approximate surface area is 443 Å². The molecule has 0 aromatic carbocycles. The number of esters is 3. The van der Waals surface area contributed by atoms with Crippen LogP contribution in [0.5, 0.6) is 0 Å². The molecule has 0 fully saturated rings. The highest BCUT2D eigenvalue weighted by Crippen LogP contribution is 2.18. The molecule has 0 saturated heterocycles. The first kappa shape index (κ1) is 68.9. The van der Waals surface area contributed by atoms with Crippen molar-refractivity contribution in [3.05, 3.63) is 24.3 Å². The molecule has 6 heteroatoms. The number of carbonyl (C=O) groups is 3. The van der Waals surface area contributed by atoms with Crippen LogP contribution in [0.2, 0.25) is 0 Å². The lowest BCUT2D eigenvalue weighted by Crippen LogP contribution is -2.30. The van der Waals surface area contributed by atoms with Gasteiger partial charge in [0.2, 0.25) is 0 Å². The summed E-state index contributed by atoms with van der Waals surface area (Å²) in [6.45, 7) is 6.59. The molecule has 0 aliphatic heterocycles. The Kier molecular flexibility index (Phi) is 58.6. The van der Waals surface area contributed by atoms with Gasteiger partial charge in [-0.2, -0.15) is 0 Å². The lowest BCUT2D eigenvalue weighted by molar-refractivity contribution is -0.167. The number of rotatable bonds is 59. The van der Waals surface area contributed by atoms with Crippen LogP contribution in [0.4, 0.5) is 0 Å². The first-order valence-electron chi connectivity index (χ1n) is 31.8. The molecule has 0 spiro atoms. The molecule has 0 radical (unpaired) electrons. The Balaban J connectivity index is 3.83. The molecule has 6 nitrogen and oxygen atoms in total. The fourth-order valence-corrected chi connectivity index (χ4v) is 9.61. The second-order valence-corrected chi connectivity index (χ2v) is 21.7. The van der Waals surface area contributed by atoms with Gasteiger partial charge in [0.25, 0.3) is 0 Å². The smallest absolute Gasteiger partial charge is 0.306 e. The molecule has 0 N–H and O–H groups in total. The van der Waals surface area contributed by atoms with E-state index in [-0.39, 0.29) is 31.1 Å². The predicted molar refractivity (Wildman–Crippen MR) is 307 cm³/mol. The van der Waals surface area contributed by atoms with Gasteiger partial charge < -0.3 is 14.2 Å². The van der Waals surface area contributed by atoms with Crippen molar-refractivity contribution in [1.29, 1.82) is 0 Å². The van der Waals surface area contributed by atoms with Crippen LogP contribution in [0.25, 0.3) is 0 Å². The minimum atomic E-state index is -0.768. The lowest BCUT2D eigenvalue weighted by atomic mass is 10.0. The Hall–Kier alpha value is -2.11. The number of carbonyl (C=O) groups excluding carboxylic acids is 3. The zero-order valence-electron chi connectivity index (χ0n) is 48.0. The normalized spacial score (nSPS) is 12.1. The first-order valence-corrected chi connectivity index (χ1v) is 31.8. The Bertz CT molecular complexity index is 1150. The van der Waals surface area contributed by atoms with E-state index in [4.69, 9.17) is 14.2 Å². The van der Waals surface area contributed by atoms with Crippen molar-refractivity contribution in [3.63, 3.8) is 0 Å². The summed E-state index contributed by atoms with van der Waals surface area (Å²) < 4.78 is 16.7. The van der Waals surface area contributed by atoms with E-state index in [1.54, 1.807) is 0 Å². The molecular weight excluding hydrogens is 877 g/mol. The maximum Gasteiger partial charge on any atom is 0.306 e. The van der Waals surface area contributed by atoms with E-state index in [0.717, 1.165) is 64.2 Å². The second-order valence-electron chi connectivity index (χ2n) is 21.7. The minimum absolute atomic E-state index is 0.0701. The van der Waals surface area contributed by atoms with Crippen LogP contribution in [0.3, 0.4) is 0 Å². The van der Waals surface area contributed by atoms with Crippen LogP contribution < -0.4 is 0 Å². The Morgan fingerprint density at radius 3 is 0.732 bits per heavy atom. The fourth-order valence-electron chi connectivity index (χ4n) is 9.61. The van der Waals surface area contributed by atoms with E-state index < -0.39 is 6.10 Å². The summed E-state index contributed by atoms with van der Waals surface area (Å²) in [7, 11) is 0. The molecule has 0 saturated carbocycles. The van der Waals surface area contributed by atoms with Gasteiger partial charge in [-0.3, -0.25) is 14.4 Å². The third-order valence-corrected chi connectivity index (χ3v) is 14.4. The molecule has 0 bridgehead atoms. The average molecular weight is 1000 g/mol. The highest BCUT2D eigenvalue weighted by molar-refractivity contribution is 5.71. The topological polar surface area (TPSA) is 78.9 Å². The van der Waals surface area contributed by atoms with Gasteiger partial charge in [0.05, 0.1) is 0 Å². The summed E-state index contributed by atoms with van der Waals surface area (Å²) in [4.78, 5) is 37.8. The summed E-state index contributed by atoms with van der Waals surface area (Å²) in [6.07, 6.45) is 72.6. The van der Waals surface area contributed by atoms with Crippen molar-refractivity contribution in [2.45, 2.75) is 361 Å². The van der Waals surface area contributed by atoms with E-state index in [0.29, 0.717) is 19.3 Å². The third-order valence-electron chi connectivity index (χ3n) is 14.4. The van der Waals surface area contributed by atoms with Crippen molar-refractivity contribution in [1.82, 2.24) is 0 Å². The second kappa shape index (κ2) is 60.4. The van der Waals surface area contributed by atoms with Crippen LogP contribution in [-0.2, 0) is 28.6 Å². The number of hydrogen-bond acceptors (Lipinski definition) is 6. The minimum Gasteiger partial charge on any atom is -0.462 e. The number of unbranched alkanes of at least 4 members (excludes halogenated alkanes) is 44. The van der Waals surface area contributed by atoms with Crippen molar-refractivity contribution in [2.24, 2.45) is 0 Å². The molecule has 0 aliphatic carbocycles. The predicted octanol–water partition coefficient (Wildman–Crippen LogP) is 21.4. The molecule has 0 rings (SSSR count). The molecule has 418 valence electrons. The molecule has 0 amide bonds. The monoisotopic (exact) mass is 999 g/mol. The fraction of sp³-hybridized carbons (Fsp3) is 0.892. The van der Waals surface area contributed by atoms with Gasteiger partial charge in [-0.25, -0.2) is 0 Å². The average Bonchev–Trinajstić information content (AvgIpc) is 3.37. The van der Waals surface area contributed by atoms with Crippen molar-refractivity contribution in [3.8, 4) is 0 Å². The maximum atomic E-state index is 12.7. The third kappa shape index (κ3) is 58.7. The van der Waals surface area contributed by atoms with E-state index in [2.05, 4.69) is 45.1 Å². The highest BCUT2D eigenvalue weighted by atomic mass is 16.6. The summed E-state index contributed by atoms with van der Waals surface area (Å²) in [5.41, 5.74) is 0. The van der Waals surface area contributed by atoms with E-state index in [1.165, 1.54) is 250 Å². The Morgan fingerprint density at radius 1 is 0.268 bits per heavy atom. The van der Waals surface area contributed by atoms with Crippen LogP contribution in [0.1, 0.15) is 355 Å². The molecular formula is C65H122O6. The van der Waals surface area contributed by atoms with Crippen molar-refractivity contribution >= 4 is 17.9 Å². The van der Waals surface area contributed by atoms with Gasteiger partial charge in [-0.1, -0.05) is 289 Å². The van der Waals surface area contributed by atoms with Gasteiger partial charge in [-0.15, -0.1) is 0 Å².